The quantitative estimate of drug-likeness (QED) is 0.851. The third kappa shape index (κ3) is 4.68. The fourth-order valence-corrected chi connectivity index (χ4v) is 4.19. The zero-order valence-corrected chi connectivity index (χ0v) is 16.5. The molecule has 1 atom stereocenters. The summed E-state index contributed by atoms with van der Waals surface area (Å²) in [5, 5.41) is 2.92. The molecular weight excluding hydrogens is 340 g/mol. The summed E-state index contributed by atoms with van der Waals surface area (Å²) < 4.78 is 0. The van der Waals surface area contributed by atoms with E-state index in [0.717, 1.165) is 58.0 Å². The zero-order chi connectivity index (χ0) is 19.4. The summed E-state index contributed by atoms with van der Waals surface area (Å²) >= 11 is 0. The first kappa shape index (κ1) is 19.8. The minimum absolute atomic E-state index is 0.0238. The van der Waals surface area contributed by atoms with Crippen molar-refractivity contribution in [3.05, 3.63) is 29.8 Å². The number of rotatable bonds is 4. The average Bonchev–Trinajstić information content (AvgIpc) is 2.68. The molecule has 1 aromatic rings. The number of anilines is 1. The van der Waals surface area contributed by atoms with Crippen LogP contribution >= 0.6 is 0 Å². The highest BCUT2D eigenvalue weighted by atomic mass is 16.2. The van der Waals surface area contributed by atoms with Gasteiger partial charge in [0.15, 0.2) is 0 Å². The molecule has 1 saturated heterocycles. The molecular formula is C21H32N4O2. The van der Waals surface area contributed by atoms with Crippen molar-refractivity contribution < 1.29 is 9.59 Å². The van der Waals surface area contributed by atoms with Crippen molar-refractivity contribution in [2.45, 2.75) is 56.5 Å². The molecule has 3 rings (SSSR count). The number of carbonyl (C=O) groups excluding carboxylic acids is 2. The van der Waals surface area contributed by atoms with Gasteiger partial charge in [-0.3, -0.25) is 9.59 Å². The van der Waals surface area contributed by atoms with Gasteiger partial charge in [0.05, 0.1) is 5.54 Å². The van der Waals surface area contributed by atoms with Crippen LogP contribution < -0.4 is 11.1 Å². The molecule has 2 amide bonds. The monoisotopic (exact) mass is 372 g/mol. The Morgan fingerprint density at radius 2 is 1.81 bits per heavy atom. The van der Waals surface area contributed by atoms with Gasteiger partial charge in [-0.05, 0) is 63.5 Å². The Labute approximate surface area is 162 Å². The van der Waals surface area contributed by atoms with Gasteiger partial charge in [-0.1, -0.05) is 19.3 Å². The lowest BCUT2D eigenvalue weighted by atomic mass is 9.82. The van der Waals surface area contributed by atoms with Crippen LogP contribution in [0.5, 0.6) is 0 Å². The molecule has 0 radical (unpaired) electrons. The van der Waals surface area contributed by atoms with E-state index in [1.54, 1.807) is 24.3 Å². The minimum Gasteiger partial charge on any atom is -0.337 e. The van der Waals surface area contributed by atoms with Crippen molar-refractivity contribution in [1.82, 2.24) is 9.80 Å². The van der Waals surface area contributed by atoms with Crippen molar-refractivity contribution in [1.29, 1.82) is 0 Å². The highest BCUT2D eigenvalue weighted by Gasteiger charge is 2.35. The number of likely N-dealkylation sites (tertiary alicyclic amines) is 1. The van der Waals surface area contributed by atoms with Gasteiger partial charge in [-0.15, -0.1) is 0 Å². The lowest BCUT2D eigenvalue weighted by molar-refractivity contribution is -0.122. The van der Waals surface area contributed by atoms with E-state index >= 15 is 0 Å². The van der Waals surface area contributed by atoms with Crippen LogP contribution in [0.4, 0.5) is 5.69 Å². The summed E-state index contributed by atoms with van der Waals surface area (Å²) in [6.07, 6.45) is 6.77. The van der Waals surface area contributed by atoms with Gasteiger partial charge in [0.2, 0.25) is 5.91 Å². The van der Waals surface area contributed by atoms with Crippen molar-refractivity contribution in [3.63, 3.8) is 0 Å². The summed E-state index contributed by atoms with van der Waals surface area (Å²) in [5.74, 6) is -0.0978. The number of likely N-dealkylation sites (N-methyl/N-ethyl adjacent to an activating group) is 2. The molecule has 3 N–H and O–H groups in total. The van der Waals surface area contributed by atoms with E-state index in [-0.39, 0.29) is 17.9 Å². The van der Waals surface area contributed by atoms with E-state index < -0.39 is 5.54 Å². The van der Waals surface area contributed by atoms with E-state index in [1.165, 1.54) is 0 Å². The second-order valence-electron chi connectivity index (χ2n) is 8.22. The topological polar surface area (TPSA) is 78.7 Å². The molecule has 2 aliphatic rings. The fourth-order valence-electron chi connectivity index (χ4n) is 4.19. The van der Waals surface area contributed by atoms with Crippen molar-refractivity contribution in [3.8, 4) is 0 Å². The SMILES string of the molecule is CN1CCCC(N(C)C(=O)c2ccc(NC(=O)C3(N)CCCCC3)cc2)C1. The maximum Gasteiger partial charge on any atom is 0.253 e. The van der Waals surface area contributed by atoms with Crippen LogP contribution in [0.1, 0.15) is 55.3 Å². The number of hydrogen-bond acceptors (Lipinski definition) is 4. The molecule has 148 valence electrons. The molecule has 0 aromatic heterocycles. The number of benzene rings is 1. The predicted octanol–water partition coefficient (Wildman–Crippen LogP) is 2.45. The standard InChI is InChI=1S/C21H32N4O2/c1-24-14-6-7-18(15-24)25(2)19(26)16-8-10-17(11-9-16)23-20(27)21(22)12-4-3-5-13-21/h8-11,18H,3-7,12-15,22H2,1-2H3,(H,23,27). The summed E-state index contributed by atoms with van der Waals surface area (Å²) in [7, 11) is 3.97. The molecule has 1 heterocycles. The molecule has 1 unspecified atom stereocenters. The van der Waals surface area contributed by atoms with Gasteiger partial charge < -0.3 is 20.9 Å². The van der Waals surface area contributed by atoms with Gasteiger partial charge in [0, 0.05) is 30.9 Å². The van der Waals surface area contributed by atoms with Crippen LogP contribution in [-0.2, 0) is 4.79 Å². The van der Waals surface area contributed by atoms with E-state index in [9.17, 15) is 9.59 Å². The first-order valence-electron chi connectivity index (χ1n) is 10.1. The lowest BCUT2D eigenvalue weighted by Gasteiger charge is -2.36. The highest BCUT2D eigenvalue weighted by Crippen LogP contribution is 2.27. The molecule has 1 aliphatic heterocycles. The number of amides is 2. The first-order chi connectivity index (χ1) is 12.9. The van der Waals surface area contributed by atoms with E-state index in [2.05, 4.69) is 17.3 Å². The van der Waals surface area contributed by atoms with Crippen LogP contribution in [0.15, 0.2) is 24.3 Å². The van der Waals surface area contributed by atoms with Crippen LogP contribution in [0.2, 0.25) is 0 Å². The average molecular weight is 373 g/mol. The second kappa shape index (κ2) is 8.40. The van der Waals surface area contributed by atoms with E-state index in [1.807, 2.05) is 11.9 Å². The molecule has 0 spiro atoms. The van der Waals surface area contributed by atoms with Crippen LogP contribution in [0.3, 0.4) is 0 Å². The zero-order valence-electron chi connectivity index (χ0n) is 16.5. The van der Waals surface area contributed by atoms with Crippen LogP contribution in [-0.4, -0.2) is 60.4 Å². The van der Waals surface area contributed by atoms with Crippen LogP contribution in [0, 0.1) is 0 Å². The predicted molar refractivity (Wildman–Crippen MR) is 108 cm³/mol. The molecule has 6 nitrogen and oxygen atoms in total. The van der Waals surface area contributed by atoms with Gasteiger partial charge >= 0.3 is 0 Å². The maximum atomic E-state index is 12.8. The van der Waals surface area contributed by atoms with Crippen molar-refractivity contribution >= 4 is 17.5 Å². The van der Waals surface area contributed by atoms with Gasteiger partial charge in [-0.2, -0.15) is 0 Å². The molecule has 0 bridgehead atoms. The smallest absolute Gasteiger partial charge is 0.253 e. The van der Waals surface area contributed by atoms with Gasteiger partial charge in [0.25, 0.3) is 5.91 Å². The van der Waals surface area contributed by atoms with E-state index in [4.69, 9.17) is 5.73 Å². The molecule has 1 aliphatic carbocycles. The fraction of sp³-hybridized carbons (Fsp3) is 0.619. The van der Waals surface area contributed by atoms with Crippen LogP contribution in [0.25, 0.3) is 0 Å². The van der Waals surface area contributed by atoms with Gasteiger partial charge in [0.1, 0.15) is 0 Å². The summed E-state index contributed by atoms with van der Waals surface area (Å²) in [6, 6.07) is 7.39. The molecule has 1 aromatic carbocycles. The van der Waals surface area contributed by atoms with Crippen molar-refractivity contribution in [2.24, 2.45) is 5.73 Å². The van der Waals surface area contributed by atoms with Gasteiger partial charge in [-0.25, -0.2) is 0 Å². The number of nitrogens with two attached hydrogens (primary N) is 1. The number of nitrogens with zero attached hydrogens (tertiary/aromatic N) is 2. The summed E-state index contributed by atoms with van der Waals surface area (Å²) in [5.41, 5.74) is 6.85. The number of piperidine rings is 1. The second-order valence-corrected chi connectivity index (χ2v) is 8.22. The molecule has 6 heteroatoms. The Bertz CT molecular complexity index is 667. The van der Waals surface area contributed by atoms with E-state index in [0.29, 0.717) is 11.3 Å². The molecule has 27 heavy (non-hydrogen) atoms. The Hall–Kier alpha value is -1.92. The Kier molecular flexibility index (Phi) is 6.17. The number of nitrogens with one attached hydrogen (secondary N) is 1. The normalized spacial score (nSPS) is 22.9. The molecule has 2 fully saturated rings. The summed E-state index contributed by atoms with van der Waals surface area (Å²) in [4.78, 5) is 29.4. The lowest BCUT2D eigenvalue weighted by Crippen LogP contribution is -2.52. The largest absolute Gasteiger partial charge is 0.337 e. The highest BCUT2D eigenvalue weighted by molar-refractivity contribution is 5.99. The number of carbonyl (C=O) groups is 2. The third-order valence-corrected chi connectivity index (χ3v) is 6.06. The first-order valence-corrected chi connectivity index (χ1v) is 10.1. The van der Waals surface area contributed by atoms with Crippen molar-refractivity contribution in [2.75, 3.05) is 32.5 Å². The minimum atomic E-state index is -0.764. The third-order valence-electron chi connectivity index (χ3n) is 6.06. The Morgan fingerprint density at radius 1 is 1.15 bits per heavy atom. The number of hydrogen-bond donors (Lipinski definition) is 2. The maximum absolute atomic E-state index is 12.8. The Balaban J connectivity index is 1.61. The molecule has 1 saturated carbocycles. The summed E-state index contributed by atoms with van der Waals surface area (Å²) in [6.45, 7) is 2.00. The Morgan fingerprint density at radius 3 is 2.44 bits per heavy atom.